The third-order valence-corrected chi connectivity index (χ3v) is 7.09. The van der Waals surface area contributed by atoms with Gasteiger partial charge in [-0.3, -0.25) is 0 Å². The lowest BCUT2D eigenvalue weighted by Gasteiger charge is -2.39. The summed E-state index contributed by atoms with van der Waals surface area (Å²) in [5.41, 5.74) is 5.72. The number of halogens is 3. The van der Waals surface area contributed by atoms with Crippen molar-refractivity contribution in [1.82, 2.24) is 4.31 Å². The molecule has 0 bridgehead atoms. The molecule has 0 aromatic carbocycles. The molecule has 4 nitrogen and oxygen atoms in total. The lowest BCUT2D eigenvalue weighted by molar-refractivity contribution is -0.134. The Kier molecular flexibility index (Phi) is 6.18. The van der Waals surface area contributed by atoms with Crippen LogP contribution in [-0.2, 0) is 10.0 Å². The topological polar surface area (TPSA) is 63.4 Å². The molecule has 0 aromatic heterocycles. The fourth-order valence-corrected chi connectivity index (χ4v) is 4.51. The zero-order valence-electron chi connectivity index (χ0n) is 11.4. The van der Waals surface area contributed by atoms with Crippen molar-refractivity contribution in [3.8, 4) is 0 Å². The maximum absolute atomic E-state index is 12.0. The molecule has 0 atom stereocenters. The zero-order valence-corrected chi connectivity index (χ0v) is 13.1. The van der Waals surface area contributed by atoms with Crippen molar-refractivity contribution in [2.75, 3.05) is 31.6 Å². The van der Waals surface area contributed by atoms with Gasteiger partial charge in [0, 0.05) is 30.8 Å². The Morgan fingerprint density at radius 2 is 1.85 bits per heavy atom. The lowest BCUT2D eigenvalue weighted by Crippen LogP contribution is -2.48. The summed E-state index contributed by atoms with van der Waals surface area (Å²) < 4.78 is 61.3. The van der Waals surface area contributed by atoms with Crippen molar-refractivity contribution in [2.24, 2.45) is 5.73 Å². The van der Waals surface area contributed by atoms with Crippen LogP contribution in [0.25, 0.3) is 0 Å². The van der Waals surface area contributed by atoms with Crippen LogP contribution in [0.2, 0.25) is 0 Å². The number of nitrogens with two attached hydrogens (primary N) is 1. The minimum Gasteiger partial charge on any atom is -0.329 e. The Morgan fingerprint density at radius 1 is 1.30 bits per heavy atom. The predicted molar refractivity (Wildman–Crippen MR) is 75.2 cm³/mol. The minimum absolute atomic E-state index is 0.0992. The van der Waals surface area contributed by atoms with E-state index in [0.717, 1.165) is 0 Å². The average Bonchev–Trinajstić information content (AvgIpc) is 2.37. The van der Waals surface area contributed by atoms with Gasteiger partial charge in [-0.2, -0.15) is 24.9 Å². The third kappa shape index (κ3) is 5.09. The van der Waals surface area contributed by atoms with E-state index in [2.05, 4.69) is 0 Å². The molecule has 0 aromatic rings. The van der Waals surface area contributed by atoms with Gasteiger partial charge in [0.1, 0.15) is 0 Å². The molecule has 0 radical (unpaired) electrons. The van der Waals surface area contributed by atoms with E-state index >= 15 is 0 Å². The highest BCUT2D eigenvalue weighted by Gasteiger charge is 2.37. The Morgan fingerprint density at radius 3 is 2.25 bits per heavy atom. The molecule has 0 aliphatic carbocycles. The van der Waals surface area contributed by atoms with E-state index in [9.17, 15) is 21.6 Å². The standard InChI is InChI=1S/C11H21F3N2O2S2/c1-19-10(9-15)4-6-16(7-5-10)20(17,18)8-2-3-11(12,13)14/h2-9,15H2,1H3. The highest BCUT2D eigenvalue weighted by molar-refractivity contribution is 8.00. The Balaban J connectivity index is 2.51. The molecule has 9 heteroatoms. The molecule has 1 rings (SSSR count). The van der Waals surface area contributed by atoms with Crippen LogP contribution in [0.1, 0.15) is 25.7 Å². The molecule has 0 saturated carbocycles. The molecule has 0 amide bonds. The number of rotatable bonds is 6. The highest BCUT2D eigenvalue weighted by Crippen LogP contribution is 2.34. The summed E-state index contributed by atoms with van der Waals surface area (Å²) in [6, 6.07) is 0. The van der Waals surface area contributed by atoms with Gasteiger partial charge in [0.2, 0.25) is 10.0 Å². The minimum atomic E-state index is -4.30. The number of piperidine rings is 1. The summed E-state index contributed by atoms with van der Waals surface area (Å²) in [6.45, 7) is 1.16. The number of hydrogen-bond donors (Lipinski definition) is 1. The van der Waals surface area contributed by atoms with Crippen LogP contribution in [0.5, 0.6) is 0 Å². The first-order valence-electron chi connectivity index (χ1n) is 6.44. The second-order valence-corrected chi connectivity index (χ2v) is 8.39. The molecule has 1 aliphatic rings. The molecule has 120 valence electrons. The van der Waals surface area contributed by atoms with E-state index < -0.39 is 28.4 Å². The van der Waals surface area contributed by atoms with Gasteiger partial charge in [-0.05, 0) is 25.5 Å². The quantitative estimate of drug-likeness (QED) is 0.805. The summed E-state index contributed by atoms with van der Waals surface area (Å²) in [5, 5.41) is 0. The number of nitrogens with zero attached hydrogens (tertiary/aromatic N) is 1. The van der Waals surface area contributed by atoms with Crippen LogP contribution < -0.4 is 5.73 Å². The highest BCUT2D eigenvalue weighted by atomic mass is 32.2. The van der Waals surface area contributed by atoms with Gasteiger partial charge in [-0.25, -0.2) is 12.7 Å². The van der Waals surface area contributed by atoms with Crippen LogP contribution in [0.4, 0.5) is 13.2 Å². The largest absolute Gasteiger partial charge is 0.389 e. The maximum atomic E-state index is 12.0. The van der Waals surface area contributed by atoms with Gasteiger partial charge in [-0.1, -0.05) is 0 Å². The van der Waals surface area contributed by atoms with Gasteiger partial charge in [-0.15, -0.1) is 0 Å². The predicted octanol–water partition coefficient (Wildman–Crippen LogP) is 1.82. The molecular formula is C11H21F3N2O2S2. The summed E-state index contributed by atoms with van der Waals surface area (Å²) in [4.78, 5) is 0. The first-order chi connectivity index (χ1) is 9.14. The number of thioether (sulfide) groups is 1. The van der Waals surface area contributed by atoms with Crippen molar-refractivity contribution < 1.29 is 21.6 Å². The average molecular weight is 334 g/mol. The SMILES string of the molecule is CSC1(CN)CCN(S(=O)(=O)CCCC(F)(F)F)CC1. The summed E-state index contributed by atoms with van der Waals surface area (Å²) in [5.74, 6) is -0.443. The molecule has 0 spiro atoms. The van der Waals surface area contributed by atoms with E-state index in [-0.39, 0.29) is 11.2 Å². The van der Waals surface area contributed by atoms with Crippen LogP contribution in [-0.4, -0.2) is 55.3 Å². The lowest BCUT2D eigenvalue weighted by atomic mass is 9.97. The first kappa shape index (κ1) is 18.1. The van der Waals surface area contributed by atoms with Crippen molar-refractivity contribution in [3.05, 3.63) is 0 Å². The van der Waals surface area contributed by atoms with Crippen molar-refractivity contribution in [3.63, 3.8) is 0 Å². The second-order valence-electron chi connectivity index (χ2n) is 5.03. The molecular weight excluding hydrogens is 313 g/mol. The second kappa shape index (κ2) is 6.85. The first-order valence-corrected chi connectivity index (χ1v) is 9.27. The van der Waals surface area contributed by atoms with E-state index in [1.54, 1.807) is 11.8 Å². The smallest absolute Gasteiger partial charge is 0.329 e. The van der Waals surface area contributed by atoms with Gasteiger partial charge in [0.15, 0.2) is 0 Å². The van der Waals surface area contributed by atoms with Gasteiger partial charge >= 0.3 is 6.18 Å². The van der Waals surface area contributed by atoms with Crippen LogP contribution in [0.3, 0.4) is 0 Å². The van der Waals surface area contributed by atoms with Gasteiger partial charge < -0.3 is 5.73 Å². The number of sulfonamides is 1. The molecule has 2 N–H and O–H groups in total. The van der Waals surface area contributed by atoms with Gasteiger partial charge in [0.25, 0.3) is 0 Å². The van der Waals surface area contributed by atoms with E-state index in [0.29, 0.717) is 32.5 Å². The molecule has 1 aliphatic heterocycles. The Hall–Kier alpha value is 0.01000. The van der Waals surface area contributed by atoms with Gasteiger partial charge in [0.05, 0.1) is 5.75 Å². The normalized spacial score (nSPS) is 21.1. The van der Waals surface area contributed by atoms with E-state index in [1.165, 1.54) is 4.31 Å². The van der Waals surface area contributed by atoms with Crippen molar-refractivity contribution in [1.29, 1.82) is 0 Å². The third-order valence-electron chi connectivity index (χ3n) is 3.69. The van der Waals surface area contributed by atoms with E-state index in [1.807, 2.05) is 6.26 Å². The van der Waals surface area contributed by atoms with Crippen molar-refractivity contribution >= 4 is 21.8 Å². The molecule has 1 heterocycles. The summed E-state index contributed by atoms with van der Waals surface area (Å²) in [6.07, 6.45) is -2.51. The number of alkyl halides is 3. The number of hydrogen-bond acceptors (Lipinski definition) is 4. The summed E-state index contributed by atoms with van der Waals surface area (Å²) in [7, 11) is -3.59. The van der Waals surface area contributed by atoms with Crippen LogP contribution >= 0.6 is 11.8 Å². The molecule has 1 fully saturated rings. The fourth-order valence-electron chi connectivity index (χ4n) is 2.25. The zero-order chi connectivity index (χ0) is 15.4. The van der Waals surface area contributed by atoms with E-state index in [4.69, 9.17) is 5.73 Å². The summed E-state index contributed by atoms with van der Waals surface area (Å²) >= 11 is 1.63. The molecule has 20 heavy (non-hydrogen) atoms. The molecule has 1 saturated heterocycles. The van der Waals surface area contributed by atoms with Crippen molar-refractivity contribution in [2.45, 2.75) is 36.6 Å². The van der Waals surface area contributed by atoms with Crippen LogP contribution in [0, 0.1) is 0 Å². The monoisotopic (exact) mass is 334 g/mol. The molecule has 0 unspecified atom stereocenters. The Labute approximate surface area is 122 Å². The Bertz CT molecular complexity index is 398. The van der Waals surface area contributed by atoms with Crippen LogP contribution in [0.15, 0.2) is 0 Å². The maximum Gasteiger partial charge on any atom is 0.389 e. The fraction of sp³-hybridized carbons (Fsp3) is 1.00.